The van der Waals surface area contributed by atoms with E-state index in [0.29, 0.717) is 24.2 Å². The third kappa shape index (κ3) is 2.96. The van der Waals surface area contributed by atoms with E-state index in [9.17, 15) is 9.18 Å². The Morgan fingerprint density at radius 2 is 2.10 bits per heavy atom. The summed E-state index contributed by atoms with van der Waals surface area (Å²) in [4.78, 5) is 12.2. The van der Waals surface area contributed by atoms with Crippen molar-refractivity contribution in [2.45, 2.75) is 32.1 Å². The topological polar surface area (TPSA) is 57.8 Å². The van der Waals surface area contributed by atoms with Crippen LogP contribution in [0.2, 0.25) is 0 Å². The number of hydrogen-bond acceptors (Lipinski definition) is 2. The van der Waals surface area contributed by atoms with Crippen LogP contribution in [0, 0.1) is 5.82 Å². The fraction of sp³-hybridized carbons (Fsp3) is 0.375. The van der Waals surface area contributed by atoms with Crippen LogP contribution in [0.3, 0.4) is 0 Å². The number of aromatic nitrogens is 2. The lowest BCUT2D eigenvalue weighted by Crippen LogP contribution is -2.27. The molecule has 0 saturated heterocycles. The van der Waals surface area contributed by atoms with Crippen LogP contribution in [0.5, 0.6) is 0 Å². The second-order valence-electron chi connectivity index (χ2n) is 5.33. The summed E-state index contributed by atoms with van der Waals surface area (Å²) in [6.07, 6.45) is 4.59. The van der Waals surface area contributed by atoms with E-state index >= 15 is 0 Å². The number of nitrogens with zero attached hydrogens (tertiary/aromatic N) is 1. The van der Waals surface area contributed by atoms with Gasteiger partial charge in [-0.2, -0.15) is 5.10 Å². The van der Waals surface area contributed by atoms with Gasteiger partial charge in [-0.05, 0) is 43.7 Å². The van der Waals surface area contributed by atoms with Crippen molar-refractivity contribution in [2.24, 2.45) is 0 Å². The molecule has 5 heteroatoms. The van der Waals surface area contributed by atoms with Gasteiger partial charge in [0.15, 0.2) is 5.69 Å². The zero-order chi connectivity index (χ0) is 14.7. The van der Waals surface area contributed by atoms with Crippen LogP contribution in [0.1, 0.15) is 40.2 Å². The van der Waals surface area contributed by atoms with Crippen molar-refractivity contribution in [3.63, 3.8) is 0 Å². The summed E-state index contributed by atoms with van der Waals surface area (Å²) in [5.74, 6) is -0.408. The molecule has 4 nitrogen and oxygen atoms in total. The molecule has 1 aromatic carbocycles. The molecular weight excluding hydrogens is 269 g/mol. The Labute approximate surface area is 122 Å². The number of aryl methyl sites for hydroxylation is 1. The highest BCUT2D eigenvalue weighted by Gasteiger charge is 2.21. The van der Waals surface area contributed by atoms with Crippen molar-refractivity contribution in [1.82, 2.24) is 15.5 Å². The molecule has 21 heavy (non-hydrogen) atoms. The fourth-order valence-corrected chi connectivity index (χ4v) is 2.76. The zero-order valence-corrected chi connectivity index (χ0v) is 11.8. The molecule has 2 N–H and O–H groups in total. The van der Waals surface area contributed by atoms with Gasteiger partial charge in [0.05, 0.1) is 0 Å². The smallest absolute Gasteiger partial charge is 0.272 e. The van der Waals surface area contributed by atoms with Gasteiger partial charge in [-0.1, -0.05) is 18.2 Å². The van der Waals surface area contributed by atoms with Crippen LogP contribution in [0.4, 0.5) is 4.39 Å². The quantitative estimate of drug-likeness (QED) is 0.907. The highest BCUT2D eigenvalue weighted by atomic mass is 19.1. The number of fused-ring (bicyclic) bond motifs is 1. The number of aromatic amines is 1. The molecule has 0 atom stereocenters. The molecular formula is C16H18FN3O. The van der Waals surface area contributed by atoms with Gasteiger partial charge in [-0.15, -0.1) is 0 Å². The average Bonchev–Trinajstić information content (AvgIpc) is 2.93. The first-order valence-electron chi connectivity index (χ1n) is 7.33. The molecule has 0 radical (unpaired) electrons. The third-order valence-corrected chi connectivity index (χ3v) is 3.91. The second-order valence-corrected chi connectivity index (χ2v) is 5.33. The van der Waals surface area contributed by atoms with Crippen molar-refractivity contribution < 1.29 is 9.18 Å². The number of halogens is 1. The summed E-state index contributed by atoms with van der Waals surface area (Å²) >= 11 is 0. The minimum Gasteiger partial charge on any atom is -0.350 e. The number of carbonyl (C=O) groups is 1. The van der Waals surface area contributed by atoms with Crippen LogP contribution in [-0.4, -0.2) is 22.6 Å². The fourth-order valence-electron chi connectivity index (χ4n) is 2.76. The maximum atomic E-state index is 13.5. The predicted octanol–water partition coefficient (Wildman–Crippen LogP) is 2.40. The summed E-state index contributed by atoms with van der Waals surface area (Å²) in [5.41, 5.74) is 3.24. The van der Waals surface area contributed by atoms with Gasteiger partial charge in [0.2, 0.25) is 0 Å². The molecule has 110 valence electrons. The van der Waals surface area contributed by atoms with Crippen molar-refractivity contribution in [1.29, 1.82) is 0 Å². The van der Waals surface area contributed by atoms with Gasteiger partial charge >= 0.3 is 0 Å². The Hall–Kier alpha value is -2.17. The lowest BCUT2D eigenvalue weighted by atomic mass is 9.96. The Kier molecular flexibility index (Phi) is 3.99. The van der Waals surface area contributed by atoms with E-state index in [4.69, 9.17) is 0 Å². The molecule has 1 aliphatic carbocycles. The first-order chi connectivity index (χ1) is 10.3. The Morgan fingerprint density at radius 1 is 1.29 bits per heavy atom. The highest BCUT2D eigenvalue weighted by molar-refractivity contribution is 5.94. The largest absolute Gasteiger partial charge is 0.350 e. The number of nitrogens with one attached hydrogen (secondary N) is 2. The second kappa shape index (κ2) is 6.08. The molecule has 1 amide bonds. The summed E-state index contributed by atoms with van der Waals surface area (Å²) in [7, 11) is 0. The van der Waals surface area contributed by atoms with Crippen LogP contribution in [0.25, 0.3) is 0 Å². The van der Waals surface area contributed by atoms with E-state index < -0.39 is 0 Å². The van der Waals surface area contributed by atoms with Crippen LogP contribution < -0.4 is 5.32 Å². The molecule has 1 aromatic heterocycles. The summed E-state index contributed by atoms with van der Waals surface area (Å²) in [6, 6.07) is 6.62. The molecule has 0 saturated carbocycles. The van der Waals surface area contributed by atoms with E-state index in [-0.39, 0.29) is 11.7 Å². The Balaban J connectivity index is 1.60. The molecule has 1 heterocycles. The summed E-state index contributed by atoms with van der Waals surface area (Å²) < 4.78 is 13.5. The maximum absolute atomic E-state index is 13.5. The van der Waals surface area contributed by atoms with Crippen molar-refractivity contribution in [2.75, 3.05) is 6.54 Å². The van der Waals surface area contributed by atoms with Crippen LogP contribution in [-0.2, 0) is 19.3 Å². The molecule has 3 rings (SSSR count). The highest BCUT2D eigenvalue weighted by Crippen LogP contribution is 2.21. The maximum Gasteiger partial charge on any atom is 0.272 e. The molecule has 0 aliphatic heterocycles. The van der Waals surface area contributed by atoms with Gasteiger partial charge in [-0.25, -0.2) is 4.39 Å². The monoisotopic (exact) mass is 287 g/mol. The molecule has 1 aliphatic rings. The summed E-state index contributed by atoms with van der Waals surface area (Å²) in [6.45, 7) is 0.404. The van der Waals surface area contributed by atoms with E-state index in [2.05, 4.69) is 15.5 Å². The average molecular weight is 287 g/mol. The van der Waals surface area contributed by atoms with E-state index in [0.717, 1.165) is 36.9 Å². The van der Waals surface area contributed by atoms with Crippen molar-refractivity contribution >= 4 is 5.91 Å². The van der Waals surface area contributed by atoms with E-state index in [1.54, 1.807) is 18.2 Å². The Bertz CT molecular complexity index is 651. The standard InChI is InChI=1S/C16H18FN3O/c17-13-7-3-1-5-11(13)9-10-18-16(21)15-12-6-2-4-8-14(12)19-20-15/h1,3,5,7H,2,4,6,8-10H2,(H,18,21)(H,19,20). The molecule has 0 fully saturated rings. The van der Waals surface area contributed by atoms with E-state index in [1.165, 1.54) is 6.07 Å². The molecule has 0 spiro atoms. The van der Waals surface area contributed by atoms with Gasteiger partial charge in [-0.3, -0.25) is 9.89 Å². The number of rotatable bonds is 4. The number of amides is 1. The molecule has 0 bridgehead atoms. The summed E-state index contributed by atoms with van der Waals surface area (Å²) in [5, 5.41) is 9.91. The number of carbonyl (C=O) groups excluding carboxylic acids is 1. The first-order valence-corrected chi connectivity index (χ1v) is 7.33. The minimum atomic E-state index is -0.233. The van der Waals surface area contributed by atoms with Crippen molar-refractivity contribution in [3.05, 3.63) is 52.6 Å². The Morgan fingerprint density at radius 3 is 2.95 bits per heavy atom. The lowest BCUT2D eigenvalue weighted by Gasteiger charge is -2.11. The normalized spacial score (nSPS) is 13.8. The van der Waals surface area contributed by atoms with Gasteiger partial charge < -0.3 is 5.32 Å². The molecule has 0 unspecified atom stereocenters. The van der Waals surface area contributed by atoms with Crippen molar-refractivity contribution in [3.8, 4) is 0 Å². The minimum absolute atomic E-state index is 0.175. The number of hydrogen-bond donors (Lipinski definition) is 2. The van der Waals surface area contributed by atoms with Gasteiger partial charge in [0, 0.05) is 17.8 Å². The molecule has 2 aromatic rings. The van der Waals surface area contributed by atoms with Crippen LogP contribution in [0.15, 0.2) is 24.3 Å². The van der Waals surface area contributed by atoms with Crippen LogP contribution >= 0.6 is 0 Å². The SMILES string of the molecule is O=C(NCCc1ccccc1F)c1n[nH]c2c1CCCC2. The number of H-pyrrole nitrogens is 1. The van der Waals surface area contributed by atoms with Gasteiger partial charge in [0.25, 0.3) is 5.91 Å². The predicted molar refractivity (Wildman–Crippen MR) is 77.7 cm³/mol. The lowest BCUT2D eigenvalue weighted by molar-refractivity contribution is 0.0948. The van der Waals surface area contributed by atoms with E-state index in [1.807, 2.05) is 0 Å². The third-order valence-electron chi connectivity index (χ3n) is 3.91. The number of benzene rings is 1. The van der Waals surface area contributed by atoms with Gasteiger partial charge in [0.1, 0.15) is 5.82 Å². The first kappa shape index (κ1) is 13.8. The zero-order valence-electron chi connectivity index (χ0n) is 11.8.